The van der Waals surface area contributed by atoms with Crippen LogP contribution in [0.2, 0.25) is 0 Å². The molecule has 12 heteroatoms. The van der Waals surface area contributed by atoms with Gasteiger partial charge in [-0.05, 0) is 12.1 Å². The number of thiazole rings is 1. The third-order valence-electron chi connectivity index (χ3n) is 3.40. The van der Waals surface area contributed by atoms with Crippen LogP contribution in [0.5, 0.6) is 5.75 Å². The van der Waals surface area contributed by atoms with Gasteiger partial charge in [-0.3, -0.25) is 5.32 Å². The highest BCUT2D eigenvalue weighted by atomic mass is 32.1. The number of aryl methyl sites for hydroxylation is 1. The molecule has 146 valence electrons. The molecule has 0 bridgehead atoms. The Bertz CT molecular complexity index is 1070. The summed E-state index contributed by atoms with van der Waals surface area (Å²) in [7, 11) is 3.05. The van der Waals surface area contributed by atoms with E-state index in [4.69, 9.17) is 19.2 Å². The summed E-state index contributed by atoms with van der Waals surface area (Å²) in [5.74, 6) is -0.00988. The van der Waals surface area contributed by atoms with Crippen molar-refractivity contribution in [2.75, 3.05) is 12.4 Å². The van der Waals surface area contributed by atoms with Crippen molar-refractivity contribution in [1.82, 2.24) is 14.7 Å². The summed E-state index contributed by atoms with van der Waals surface area (Å²) in [6.07, 6.45) is -1.20. The van der Waals surface area contributed by atoms with Crippen LogP contribution >= 0.6 is 11.3 Å². The highest BCUT2D eigenvalue weighted by Gasteiger charge is 2.17. The van der Waals surface area contributed by atoms with Crippen LogP contribution in [-0.4, -0.2) is 38.7 Å². The maximum Gasteiger partial charge on any atom is 0.460 e. The normalized spacial score (nSPS) is 11.3. The van der Waals surface area contributed by atoms with E-state index < -0.39 is 11.8 Å². The largest absolute Gasteiger partial charge is 0.497 e. The van der Waals surface area contributed by atoms with E-state index in [9.17, 15) is 9.59 Å². The van der Waals surface area contributed by atoms with Gasteiger partial charge < -0.3 is 19.2 Å². The van der Waals surface area contributed by atoms with Crippen molar-refractivity contribution < 1.29 is 24.0 Å². The fourth-order valence-electron chi connectivity index (χ4n) is 2.22. The van der Waals surface area contributed by atoms with E-state index in [1.165, 1.54) is 18.9 Å². The third kappa shape index (κ3) is 4.54. The van der Waals surface area contributed by atoms with Crippen molar-refractivity contribution in [1.29, 1.82) is 0 Å². The minimum absolute atomic E-state index is 0.0168. The van der Waals surface area contributed by atoms with Crippen molar-refractivity contribution in [3.8, 4) is 5.75 Å². The van der Waals surface area contributed by atoms with E-state index in [0.29, 0.717) is 17.0 Å². The SMILES string of the molecule is COc1cccc(C(=NOCc2csc(NC(=O)O)n2)c2nc(=O)on2C)c1. The summed E-state index contributed by atoms with van der Waals surface area (Å²) in [4.78, 5) is 35.3. The number of nitrogens with one attached hydrogen (secondary N) is 1. The minimum Gasteiger partial charge on any atom is -0.497 e. The van der Waals surface area contributed by atoms with Crippen LogP contribution in [0.1, 0.15) is 17.1 Å². The van der Waals surface area contributed by atoms with Crippen LogP contribution in [0, 0.1) is 0 Å². The van der Waals surface area contributed by atoms with Gasteiger partial charge in [-0.2, -0.15) is 9.72 Å². The number of carboxylic acid groups (broad SMARTS) is 1. The van der Waals surface area contributed by atoms with E-state index >= 15 is 0 Å². The molecule has 0 aliphatic heterocycles. The average molecular weight is 405 g/mol. The quantitative estimate of drug-likeness (QED) is 0.448. The zero-order chi connectivity index (χ0) is 20.1. The average Bonchev–Trinajstić information content (AvgIpc) is 3.23. The molecule has 0 aliphatic rings. The number of methoxy groups -OCH3 is 1. The molecule has 0 saturated carbocycles. The van der Waals surface area contributed by atoms with Gasteiger partial charge in [0, 0.05) is 18.0 Å². The summed E-state index contributed by atoms with van der Waals surface area (Å²) >= 11 is 1.12. The molecule has 0 radical (unpaired) electrons. The number of carbonyl (C=O) groups is 1. The van der Waals surface area contributed by atoms with E-state index in [-0.39, 0.29) is 23.3 Å². The monoisotopic (exact) mass is 405 g/mol. The maximum atomic E-state index is 11.5. The molecule has 0 aliphatic carbocycles. The standard InChI is InChI=1S/C16H15N5O6S/c1-21-13(18-16(24)27-21)12(9-4-3-5-11(6-9)25-2)20-26-7-10-8-28-14(17-10)19-15(22)23/h3-6,8H,7H2,1-2H3,(H,17,19)(H,22,23). The number of hydrogen-bond donors (Lipinski definition) is 2. The second-order valence-corrected chi connectivity index (χ2v) is 6.17. The number of oxime groups is 1. The second-order valence-electron chi connectivity index (χ2n) is 5.31. The molecule has 2 N–H and O–H groups in total. The van der Waals surface area contributed by atoms with Crippen LogP contribution in [0.25, 0.3) is 0 Å². The first kappa shape index (κ1) is 19.1. The van der Waals surface area contributed by atoms with Gasteiger partial charge in [-0.15, -0.1) is 11.3 Å². The van der Waals surface area contributed by atoms with Crippen LogP contribution in [0.4, 0.5) is 9.93 Å². The molecular weight excluding hydrogens is 390 g/mol. The topological polar surface area (TPSA) is 141 Å². The predicted molar refractivity (Wildman–Crippen MR) is 98.9 cm³/mol. The van der Waals surface area contributed by atoms with Crippen molar-refractivity contribution in [3.63, 3.8) is 0 Å². The van der Waals surface area contributed by atoms with Gasteiger partial charge in [0.15, 0.2) is 23.3 Å². The first-order valence-corrected chi connectivity index (χ1v) is 8.67. The number of hydrogen-bond acceptors (Lipinski definition) is 9. The number of aromatic nitrogens is 3. The number of amides is 1. The Morgan fingerprint density at radius 1 is 1.43 bits per heavy atom. The summed E-state index contributed by atoms with van der Waals surface area (Å²) in [6, 6.07) is 6.98. The third-order valence-corrected chi connectivity index (χ3v) is 4.21. The molecule has 2 aromatic heterocycles. The van der Waals surface area contributed by atoms with Crippen molar-refractivity contribution >= 4 is 28.3 Å². The molecule has 0 spiro atoms. The molecule has 28 heavy (non-hydrogen) atoms. The number of anilines is 1. The Kier molecular flexibility index (Phi) is 5.69. The first-order valence-electron chi connectivity index (χ1n) is 7.79. The number of benzene rings is 1. The molecule has 11 nitrogen and oxygen atoms in total. The Labute approximate surface area is 161 Å². The van der Waals surface area contributed by atoms with Crippen molar-refractivity contribution in [2.24, 2.45) is 12.2 Å². The lowest BCUT2D eigenvalue weighted by molar-refractivity contribution is 0.128. The summed E-state index contributed by atoms with van der Waals surface area (Å²) in [5, 5.41) is 16.8. The van der Waals surface area contributed by atoms with Crippen LogP contribution < -0.4 is 15.8 Å². The fraction of sp³-hybridized carbons (Fsp3) is 0.188. The molecule has 2 heterocycles. The van der Waals surface area contributed by atoms with Crippen LogP contribution in [0.3, 0.4) is 0 Å². The highest BCUT2D eigenvalue weighted by Crippen LogP contribution is 2.18. The zero-order valence-electron chi connectivity index (χ0n) is 14.8. The second kappa shape index (κ2) is 8.35. The number of ether oxygens (including phenoxy) is 1. The Hall–Kier alpha value is -3.67. The molecule has 0 fully saturated rings. The van der Waals surface area contributed by atoms with Crippen LogP contribution in [-0.2, 0) is 18.5 Å². The van der Waals surface area contributed by atoms with E-state index in [0.717, 1.165) is 11.3 Å². The number of rotatable bonds is 7. The van der Waals surface area contributed by atoms with Crippen LogP contribution in [0.15, 0.2) is 44.1 Å². The molecular formula is C16H15N5O6S. The Balaban J connectivity index is 1.86. The van der Waals surface area contributed by atoms with Gasteiger partial charge in [-0.1, -0.05) is 17.3 Å². The lowest BCUT2D eigenvalue weighted by Crippen LogP contribution is -2.12. The molecule has 0 atom stereocenters. The lowest BCUT2D eigenvalue weighted by Gasteiger charge is -2.07. The van der Waals surface area contributed by atoms with Crippen molar-refractivity contribution in [3.05, 3.63) is 57.3 Å². The lowest BCUT2D eigenvalue weighted by atomic mass is 10.1. The van der Waals surface area contributed by atoms with Gasteiger partial charge in [0.05, 0.1) is 12.8 Å². The van der Waals surface area contributed by atoms with Gasteiger partial charge in [0.1, 0.15) is 5.75 Å². The van der Waals surface area contributed by atoms with Gasteiger partial charge >= 0.3 is 11.8 Å². The molecule has 0 unspecified atom stereocenters. The fourth-order valence-corrected chi connectivity index (χ4v) is 2.90. The zero-order valence-corrected chi connectivity index (χ0v) is 15.6. The molecule has 0 saturated heterocycles. The molecule has 1 aromatic carbocycles. The highest BCUT2D eigenvalue weighted by molar-refractivity contribution is 7.13. The summed E-state index contributed by atoms with van der Waals surface area (Å²) < 4.78 is 11.3. The van der Waals surface area contributed by atoms with Gasteiger partial charge in [0.2, 0.25) is 0 Å². The number of nitrogens with zero attached hydrogens (tertiary/aromatic N) is 4. The molecule has 3 aromatic rings. The first-order chi connectivity index (χ1) is 13.5. The molecule has 3 rings (SSSR count). The molecule has 1 amide bonds. The van der Waals surface area contributed by atoms with E-state index in [1.807, 2.05) is 0 Å². The van der Waals surface area contributed by atoms with Gasteiger partial charge in [-0.25, -0.2) is 14.6 Å². The Morgan fingerprint density at radius 2 is 2.25 bits per heavy atom. The minimum atomic E-state index is -1.20. The van der Waals surface area contributed by atoms with E-state index in [1.54, 1.807) is 29.6 Å². The van der Waals surface area contributed by atoms with Gasteiger partial charge in [0.25, 0.3) is 0 Å². The summed E-state index contributed by atoms with van der Waals surface area (Å²) in [6.45, 7) is -0.0168. The Morgan fingerprint density at radius 3 is 2.93 bits per heavy atom. The maximum absolute atomic E-state index is 11.5. The van der Waals surface area contributed by atoms with Crippen molar-refractivity contribution in [2.45, 2.75) is 6.61 Å². The van der Waals surface area contributed by atoms with E-state index in [2.05, 4.69) is 20.4 Å². The predicted octanol–water partition coefficient (Wildman–Crippen LogP) is 1.90. The summed E-state index contributed by atoms with van der Waals surface area (Å²) in [5.41, 5.74) is 1.33. The smallest absolute Gasteiger partial charge is 0.460 e.